The molecule has 3 nitrogen and oxygen atoms in total. The number of carbonyl (C=O) groups excluding carboxylic acids is 1. The van der Waals surface area contributed by atoms with Crippen molar-refractivity contribution in [3.63, 3.8) is 0 Å². The fourth-order valence-electron chi connectivity index (χ4n) is 2.58. The summed E-state index contributed by atoms with van der Waals surface area (Å²) in [4.78, 5) is 14.4. The topological polar surface area (TPSA) is 46.3 Å². The molecule has 0 spiro atoms. The Balaban J connectivity index is 2.14. The number of anilines is 1. The van der Waals surface area contributed by atoms with Crippen molar-refractivity contribution in [3.05, 3.63) is 29.3 Å². The number of nitrogen functional groups attached to an aromatic ring is 1. The Hall–Kier alpha value is -1.51. The van der Waals surface area contributed by atoms with E-state index in [0.717, 1.165) is 43.0 Å². The van der Waals surface area contributed by atoms with Crippen molar-refractivity contribution in [2.75, 3.05) is 18.8 Å². The van der Waals surface area contributed by atoms with Crippen LogP contribution in [0.1, 0.15) is 42.1 Å². The Morgan fingerprint density at radius 3 is 2.78 bits per heavy atom. The maximum Gasteiger partial charge on any atom is 0.253 e. The predicted octanol–water partition coefficient (Wildman–Crippen LogP) is 2.84. The molecule has 1 aliphatic heterocycles. The molecule has 1 aromatic rings. The molecule has 0 aliphatic carbocycles. The standard InChI is InChI=1S/C15H22N2O/c1-11-4-3-6-17(7-5-11)15(18)13-8-12(2)9-14(16)10-13/h8-11H,3-7,16H2,1-2H3. The van der Waals surface area contributed by atoms with Crippen molar-refractivity contribution in [1.29, 1.82) is 0 Å². The fourth-order valence-corrected chi connectivity index (χ4v) is 2.58. The van der Waals surface area contributed by atoms with Gasteiger partial charge in [0.15, 0.2) is 0 Å². The third kappa shape index (κ3) is 3.03. The highest BCUT2D eigenvalue weighted by molar-refractivity contribution is 5.95. The van der Waals surface area contributed by atoms with Crippen LogP contribution in [0.5, 0.6) is 0 Å². The number of rotatable bonds is 1. The normalized spacial score (nSPS) is 20.6. The van der Waals surface area contributed by atoms with Gasteiger partial charge in [-0.25, -0.2) is 0 Å². The Bertz CT molecular complexity index is 422. The van der Waals surface area contributed by atoms with Gasteiger partial charge in [0.1, 0.15) is 0 Å². The quantitative estimate of drug-likeness (QED) is 0.774. The van der Waals surface area contributed by atoms with Crippen LogP contribution in [0.25, 0.3) is 0 Å². The van der Waals surface area contributed by atoms with E-state index in [9.17, 15) is 4.79 Å². The largest absolute Gasteiger partial charge is 0.399 e. The first-order chi connectivity index (χ1) is 8.56. The molecule has 1 aromatic carbocycles. The summed E-state index contributed by atoms with van der Waals surface area (Å²) in [5.41, 5.74) is 8.24. The van der Waals surface area contributed by atoms with E-state index in [1.807, 2.05) is 24.0 Å². The number of carbonyl (C=O) groups is 1. The third-order valence-electron chi connectivity index (χ3n) is 3.65. The molecule has 3 heteroatoms. The summed E-state index contributed by atoms with van der Waals surface area (Å²) in [5, 5.41) is 0. The lowest BCUT2D eigenvalue weighted by Crippen LogP contribution is -2.32. The van der Waals surface area contributed by atoms with Crippen LogP contribution in [-0.2, 0) is 0 Å². The molecule has 18 heavy (non-hydrogen) atoms. The van der Waals surface area contributed by atoms with Crippen LogP contribution in [0, 0.1) is 12.8 Å². The number of benzene rings is 1. The molecule has 1 atom stereocenters. The van der Waals surface area contributed by atoms with Crippen LogP contribution in [0.4, 0.5) is 5.69 Å². The number of amides is 1. The van der Waals surface area contributed by atoms with E-state index >= 15 is 0 Å². The lowest BCUT2D eigenvalue weighted by atomic mass is 10.0. The minimum absolute atomic E-state index is 0.125. The van der Waals surface area contributed by atoms with Gasteiger partial charge in [0.2, 0.25) is 0 Å². The molecule has 1 aliphatic rings. The zero-order valence-electron chi connectivity index (χ0n) is 11.3. The van der Waals surface area contributed by atoms with Gasteiger partial charge in [0, 0.05) is 24.3 Å². The van der Waals surface area contributed by atoms with E-state index in [2.05, 4.69) is 6.92 Å². The number of hydrogen-bond donors (Lipinski definition) is 1. The summed E-state index contributed by atoms with van der Waals surface area (Å²) in [6.45, 7) is 5.97. The predicted molar refractivity (Wildman–Crippen MR) is 74.5 cm³/mol. The zero-order valence-corrected chi connectivity index (χ0v) is 11.3. The number of hydrogen-bond acceptors (Lipinski definition) is 2. The van der Waals surface area contributed by atoms with Gasteiger partial charge in [0.05, 0.1) is 0 Å². The van der Waals surface area contributed by atoms with Crippen LogP contribution in [0.3, 0.4) is 0 Å². The number of aryl methyl sites for hydroxylation is 1. The molecule has 2 rings (SSSR count). The van der Waals surface area contributed by atoms with Gasteiger partial charge in [-0.2, -0.15) is 0 Å². The van der Waals surface area contributed by atoms with Crippen molar-refractivity contribution in [1.82, 2.24) is 4.90 Å². The van der Waals surface area contributed by atoms with E-state index in [-0.39, 0.29) is 5.91 Å². The Morgan fingerprint density at radius 2 is 2.06 bits per heavy atom. The Morgan fingerprint density at radius 1 is 1.28 bits per heavy atom. The first-order valence-corrected chi connectivity index (χ1v) is 6.72. The first kappa shape index (κ1) is 12.9. The molecule has 2 N–H and O–H groups in total. The molecule has 1 unspecified atom stereocenters. The van der Waals surface area contributed by atoms with E-state index in [4.69, 9.17) is 5.73 Å². The highest BCUT2D eigenvalue weighted by Crippen LogP contribution is 2.19. The highest BCUT2D eigenvalue weighted by atomic mass is 16.2. The number of nitrogens with zero attached hydrogens (tertiary/aromatic N) is 1. The van der Waals surface area contributed by atoms with E-state index in [1.54, 1.807) is 6.07 Å². The molecule has 1 amide bonds. The van der Waals surface area contributed by atoms with Gasteiger partial charge in [0.25, 0.3) is 5.91 Å². The SMILES string of the molecule is Cc1cc(N)cc(C(=O)N2CCCC(C)CC2)c1. The van der Waals surface area contributed by atoms with Crippen LogP contribution in [-0.4, -0.2) is 23.9 Å². The molecule has 0 radical (unpaired) electrons. The molecule has 1 fully saturated rings. The summed E-state index contributed by atoms with van der Waals surface area (Å²) in [5.74, 6) is 0.852. The second kappa shape index (κ2) is 5.42. The molecule has 0 saturated carbocycles. The summed E-state index contributed by atoms with van der Waals surface area (Å²) in [7, 11) is 0. The molecule has 0 aromatic heterocycles. The Kier molecular flexibility index (Phi) is 3.90. The second-order valence-corrected chi connectivity index (χ2v) is 5.46. The molecule has 1 heterocycles. The van der Waals surface area contributed by atoms with E-state index in [1.165, 1.54) is 6.42 Å². The van der Waals surface area contributed by atoms with Crippen molar-refractivity contribution in [3.8, 4) is 0 Å². The number of likely N-dealkylation sites (tertiary alicyclic amines) is 1. The van der Waals surface area contributed by atoms with Gasteiger partial charge in [-0.15, -0.1) is 0 Å². The summed E-state index contributed by atoms with van der Waals surface area (Å²) < 4.78 is 0. The second-order valence-electron chi connectivity index (χ2n) is 5.46. The van der Waals surface area contributed by atoms with E-state index < -0.39 is 0 Å². The monoisotopic (exact) mass is 246 g/mol. The third-order valence-corrected chi connectivity index (χ3v) is 3.65. The average molecular weight is 246 g/mol. The van der Waals surface area contributed by atoms with Crippen molar-refractivity contribution < 1.29 is 4.79 Å². The number of nitrogens with two attached hydrogens (primary N) is 1. The van der Waals surface area contributed by atoms with Crippen LogP contribution >= 0.6 is 0 Å². The van der Waals surface area contributed by atoms with E-state index in [0.29, 0.717) is 5.69 Å². The van der Waals surface area contributed by atoms with Gasteiger partial charge in [-0.05, 0) is 55.9 Å². The first-order valence-electron chi connectivity index (χ1n) is 6.72. The van der Waals surface area contributed by atoms with Gasteiger partial charge in [-0.1, -0.05) is 6.92 Å². The van der Waals surface area contributed by atoms with Crippen molar-refractivity contribution in [2.24, 2.45) is 5.92 Å². The van der Waals surface area contributed by atoms with Crippen LogP contribution in [0.2, 0.25) is 0 Å². The molecule has 0 bridgehead atoms. The lowest BCUT2D eigenvalue weighted by molar-refractivity contribution is 0.0760. The van der Waals surface area contributed by atoms with Crippen LogP contribution in [0.15, 0.2) is 18.2 Å². The molecule has 98 valence electrons. The fraction of sp³-hybridized carbons (Fsp3) is 0.533. The molecule has 1 saturated heterocycles. The lowest BCUT2D eigenvalue weighted by Gasteiger charge is -2.21. The minimum Gasteiger partial charge on any atom is -0.399 e. The average Bonchev–Trinajstić information content (AvgIpc) is 2.52. The van der Waals surface area contributed by atoms with Crippen molar-refractivity contribution >= 4 is 11.6 Å². The maximum absolute atomic E-state index is 12.4. The van der Waals surface area contributed by atoms with Gasteiger partial charge >= 0.3 is 0 Å². The summed E-state index contributed by atoms with van der Waals surface area (Å²) in [6.07, 6.45) is 3.43. The highest BCUT2D eigenvalue weighted by Gasteiger charge is 2.19. The van der Waals surface area contributed by atoms with Gasteiger partial charge < -0.3 is 10.6 Å². The smallest absolute Gasteiger partial charge is 0.253 e. The Labute approximate surface area is 109 Å². The van der Waals surface area contributed by atoms with Gasteiger partial charge in [-0.3, -0.25) is 4.79 Å². The minimum atomic E-state index is 0.125. The molecular weight excluding hydrogens is 224 g/mol. The maximum atomic E-state index is 12.4. The van der Waals surface area contributed by atoms with Crippen LogP contribution < -0.4 is 5.73 Å². The zero-order chi connectivity index (χ0) is 13.1. The summed E-state index contributed by atoms with van der Waals surface area (Å²) in [6, 6.07) is 5.60. The summed E-state index contributed by atoms with van der Waals surface area (Å²) >= 11 is 0. The molecular formula is C15H22N2O. The van der Waals surface area contributed by atoms with Crippen molar-refractivity contribution in [2.45, 2.75) is 33.1 Å².